The topological polar surface area (TPSA) is 129 Å². The molecule has 1 aliphatic heterocycles. The van der Waals surface area contributed by atoms with Crippen molar-refractivity contribution < 1.29 is 43.5 Å². The molecular formula is C36H54O9. The molecule has 0 aromatic heterocycles. The van der Waals surface area contributed by atoms with Crippen LogP contribution in [-0.4, -0.2) is 71.7 Å². The Balaban J connectivity index is 1.28. The number of carbonyl (C=O) groups is 3. The maximum atomic E-state index is 12.4. The van der Waals surface area contributed by atoms with Crippen LogP contribution in [0.4, 0.5) is 0 Å². The fourth-order valence-corrected chi connectivity index (χ4v) is 12.3. The zero-order valence-electron chi connectivity index (χ0n) is 28.4. The maximum Gasteiger partial charge on any atom is 0.303 e. The summed E-state index contributed by atoms with van der Waals surface area (Å²) in [4.78, 5) is 34.5. The maximum absolute atomic E-state index is 12.4. The number of hydrogen-bond donors (Lipinski definition) is 2. The molecule has 4 fully saturated rings. The molecule has 0 aromatic rings. The summed E-state index contributed by atoms with van der Waals surface area (Å²) in [5, 5.41) is 23.4. The smallest absolute Gasteiger partial charge is 0.303 e. The van der Waals surface area contributed by atoms with Gasteiger partial charge in [-0.15, -0.1) is 0 Å². The van der Waals surface area contributed by atoms with Crippen molar-refractivity contribution in [2.75, 3.05) is 6.61 Å². The molecule has 0 bridgehead atoms. The fraction of sp³-hybridized carbons (Fsp3) is 0.861. The van der Waals surface area contributed by atoms with Gasteiger partial charge in [0.15, 0.2) is 12.4 Å². The molecule has 6 aliphatic rings. The van der Waals surface area contributed by atoms with Gasteiger partial charge in [0.1, 0.15) is 30.9 Å². The third-order valence-corrected chi connectivity index (χ3v) is 14.2. The summed E-state index contributed by atoms with van der Waals surface area (Å²) in [5.74, 6) is 1.03. The van der Waals surface area contributed by atoms with E-state index in [9.17, 15) is 24.6 Å². The lowest BCUT2D eigenvalue weighted by Gasteiger charge is -2.63. The van der Waals surface area contributed by atoms with E-state index < -0.39 is 41.6 Å². The van der Waals surface area contributed by atoms with Gasteiger partial charge >= 0.3 is 5.97 Å². The number of allylic oxidation sites excluding steroid dienone is 1. The van der Waals surface area contributed by atoms with E-state index in [0.717, 1.165) is 44.9 Å². The highest BCUT2D eigenvalue weighted by atomic mass is 16.7. The standard InChI is InChI=1S/C36H54O9/c1-20-17-22(30(32(5,6)41)43-21(2)39)44-28-27(20)33(7)13-14-36-19-35(36)12-11-25(45-26(18-38)42-16-15-37)31(3,4)23(35)9-10-24(36)34(33,8)29(28)40/h15,18,20,22-26,29-30,40-41H,9-14,16-17,19H2,1-8H3. The summed E-state index contributed by atoms with van der Waals surface area (Å²) >= 11 is 0. The average molecular weight is 631 g/mol. The summed E-state index contributed by atoms with van der Waals surface area (Å²) in [6.45, 7) is 15.8. The number of aliphatic hydroxyl groups is 2. The van der Waals surface area contributed by atoms with Gasteiger partial charge in [0, 0.05) is 17.8 Å². The van der Waals surface area contributed by atoms with Gasteiger partial charge < -0.3 is 34.0 Å². The van der Waals surface area contributed by atoms with Crippen molar-refractivity contribution in [1.29, 1.82) is 0 Å². The largest absolute Gasteiger partial charge is 0.488 e. The molecule has 45 heavy (non-hydrogen) atoms. The molecule has 0 radical (unpaired) electrons. The van der Waals surface area contributed by atoms with E-state index in [2.05, 4.69) is 34.6 Å². The van der Waals surface area contributed by atoms with Gasteiger partial charge in [-0.1, -0.05) is 34.6 Å². The molecule has 0 saturated heterocycles. The Morgan fingerprint density at radius 1 is 1.07 bits per heavy atom. The van der Waals surface area contributed by atoms with Crippen LogP contribution in [0.25, 0.3) is 0 Å². The summed E-state index contributed by atoms with van der Waals surface area (Å²) in [7, 11) is 0. The van der Waals surface area contributed by atoms with Crippen molar-refractivity contribution in [2.45, 2.75) is 143 Å². The molecule has 12 atom stereocenters. The van der Waals surface area contributed by atoms with E-state index in [1.165, 1.54) is 12.5 Å². The second-order valence-corrected chi connectivity index (χ2v) is 16.9. The number of rotatable bonds is 9. The Morgan fingerprint density at radius 2 is 1.73 bits per heavy atom. The Morgan fingerprint density at radius 3 is 2.36 bits per heavy atom. The number of carbonyl (C=O) groups excluding carboxylic acids is 3. The van der Waals surface area contributed by atoms with Crippen molar-refractivity contribution in [1.82, 2.24) is 0 Å². The first kappa shape index (κ1) is 33.1. The summed E-state index contributed by atoms with van der Waals surface area (Å²) in [6.07, 6.45) is 5.62. The number of aldehydes is 2. The zero-order chi connectivity index (χ0) is 33.0. The van der Waals surface area contributed by atoms with Crippen molar-refractivity contribution in [3.63, 3.8) is 0 Å². The van der Waals surface area contributed by atoms with E-state index in [4.69, 9.17) is 18.9 Å². The third kappa shape index (κ3) is 4.42. The summed E-state index contributed by atoms with van der Waals surface area (Å²) in [5.41, 5.74) is -0.609. The number of fused-ring (bicyclic) bond motifs is 3. The first-order valence-electron chi connectivity index (χ1n) is 17.1. The van der Waals surface area contributed by atoms with Crippen LogP contribution in [0.3, 0.4) is 0 Å². The van der Waals surface area contributed by atoms with E-state index in [0.29, 0.717) is 36.6 Å². The minimum absolute atomic E-state index is 0.109. The van der Waals surface area contributed by atoms with Crippen LogP contribution in [-0.2, 0) is 33.3 Å². The quantitative estimate of drug-likeness (QED) is 0.208. The van der Waals surface area contributed by atoms with Crippen LogP contribution < -0.4 is 0 Å². The first-order valence-corrected chi connectivity index (χ1v) is 17.1. The molecule has 9 heteroatoms. The van der Waals surface area contributed by atoms with Gasteiger partial charge in [0.2, 0.25) is 6.29 Å². The van der Waals surface area contributed by atoms with E-state index in [-0.39, 0.29) is 40.3 Å². The van der Waals surface area contributed by atoms with Gasteiger partial charge in [-0.25, -0.2) is 0 Å². The van der Waals surface area contributed by atoms with Crippen molar-refractivity contribution in [3.8, 4) is 0 Å². The predicted octanol–water partition coefficient (Wildman–Crippen LogP) is 4.90. The Hall–Kier alpha value is -1.81. The first-order chi connectivity index (χ1) is 20.9. The number of aliphatic hydroxyl groups excluding tert-OH is 1. The number of ether oxygens (including phenoxy) is 4. The van der Waals surface area contributed by atoms with Gasteiger partial charge in [-0.2, -0.15) is 0 Å². The molecule has 6 rings (SSSR count). The Bertz CT molecular complexity index is 1270. The van der Waals surface area contributed by atoms with Gasteiger partial charge in [0.05, 0.1) is 11.7 Å². The van der Waals surface area contributed by atoms with Gasteiger partial charge in [-0.3, -0.25) is 9.59 Å². The van der Waals surface area contributed by atoms with Crippen LogP contribution in [0.1, 0.15) is 107 Å². The minimum atomic E-state index is -1.30. The molecular weight excluding hydrogens is 576 g/mol. The molecule has 2 N–H and O–H groups in total. The molecule has 4 saturated carbocycles. The summed E-state index contributed by atoms with van der Waals surface area (Å²) < 4.78 is 23.9. The average Bonchev–Trinajstić information content (AvgIpc) is 3.59. The lowest BCUT2D eigenvalue weighted by molar-refractivity contribution is -0.222. The van der Waals surface area contributed by atoms with Crippen LogP contribution in [0.15, 0.2) is 11.3 Å². The highest BCUT2D eigenvalue weighted by Crippen LogP contribution is 2.89. The lowest BCUT2D eigenvalue weighted by atomic mass is 9.41. The zero-order valence-corrected chi connectivity index (χ0v) is 28.4. The van der Waals surface area contributed by atoms with Crippen LogP contribution >= 0.6 is 0 Å². The van der Waals surface area contributed by atoms with Crippen LogP contribution in [0, 0.1) is 44.8 Å². The molecule has 1 heterocycles. The molecule has 2 spiro atoms. The normalized spacial score (nSPS) is 45.8. The molecule has 0 amide bonds. The second kappa shape index (κ2) is 10.6. The minimum Gasteiger partial charge on any atom is -0.488 e. The second-order valence-electron chi connectivity index (χ2n) is 16.9. The van der Waals surface area contributed by atoms with E-state index in [1.807, 2.05) is 0 Å². The van der Waals surface area contributed by atoms with Crippen LogP contribution in [0.5, 0.6) is 0 Å². The van der Waals surface area contributed by atoms with Crippen molar-refractivity contribution in [2.24, 2.45) is 44.8 Å². The molecule has 5 aliphatic carbocycles. The highest BCUT2D eigenvalue weighted by molar-refractivity contribution is 5.66. The molecule has 252 valence electrons. The predicted molar refractivity (Wildman–Crippen MR) is 164 cm³/mol. The summed E-state index contributed by atoms with van der Waals surface area (Å²) in [6, 6.07) is 0. The molecule has 0 aromatic carbocycles. The lowest BCUT2D eigenvalue weighted by Crippen LogP contribution is -2.60. The SMILES string of the molecule is CC(=O)OC(C1CC(C)C2=C(O1)C(O)C1(C)C3CCC4C(C)(C)C(OC(C=O)OCC=O)CCC45CC35CCC21C)C(C)(C)O. The van der Waals surface area contributed by atoms with E-state index >= 15 is 0 Å². The van der Waals surface area contributed by atoms with E-state index in [1.54, 1.807) is 13.8 Å². The van der Waals surface area contributed by atoms with Crippen molar-refractivity contribution in [3.05, 3.63) is 11.3 Å². The third-order valence-electron chi connectivity index (χ3n) is 14.2. The molecule has 9 nitrogen and oxygen atoms in total. The number of hydrogen-bond acceptors (Lipinski definition) is 9. The highest BCUT2D eigenvalue weighted by Gasteiger charge is 2.83. The number of esters is 1. The van der Waals surface area contributed by atoms with Gasteiger partial charge in [0.25, 0.3) is 0 Å². The Labute approximate surface area is 267 Å². The van der Waals surface area contributed by atoms with Gasteiger partial charge in [-0.05, 0) is 105 Å². The van der Waals surface area contributed by atoms with Crippen LogP contribution in [0.2, 0.25) is 0 Å². The monoisotopic (exact) mass is 630 g/mol. The Kier molecular flexibility index (Phi) is 7.80. The molecule has 12 unspecified atom stereocenters. The van der Waals surface area contributed by atoms with Crippen molar-refractivity contribution >= 4 is 18.5 Å². The fourth-order valence-electron chi connectivity index (χ4n) is 12.3.